The highest BCUT2D eigenvalue weighted by Crippen LogP contribution is 2.32. The Kier molecular flexibility index (Phi) is 5.21. The lowest BCUT2D eigenvalue weighted by Crippen LogP contribution is -2.39. The van der Waals surface area contributed by atoms with E-state index in [0.717, 1.165) is 22.5 Å². The number of imidazole rings is 1. The number of fused-ring (bicyclic) bond motifs is 1. The average Bonchev–Trinajstić information content (AvgIpc) is 3.47. The van der Waals surface area contributed by atoms with Crippen molar-refractivity contribution in [3.05, 3.63) is 60.4 Å². The van der Waals surface area contributed by atoms with Gasteiger partial charge in [-0.1, -0.05) is 30.3 Å². The van der Waals surface area contributed by atoms with Crippen molar-refractivity contribution in [2.75, 3.05) is 13.7 Å². The molecule has 1 heterocycles. The number of benzene rings is 2. The van der Waals surface area contributed by atoms with E-state index in [1.54, 1.807) is 7.11 Å². The summed E-state index contributed by atoms with van der Waals surface area (Å²) in [5.74, 6) is 1.55. The first-order valence-corrected chi connectivity index (χ1v) is 9.56. The van der Waals surface area contributed by atoms with Crippen LogP contribution in [0.2, 0.25) is 0 Å². The van der Waals surface area contributed by atoms with Crippen LogP contribution in [0, 0.1) is 5.92 Å². The molecule has 0 spiro atoms. The molecule has 5 nitrogen and oxygen atoms in total. The maximum absolute atomic E-state index is 12.5. The molecule has 1 aliphatic carbocycles. The highest BCUT2D eigenvalue weighted by molar-refractivity contribution is 5.79. The van der Waals surface area contributed by atoms with Crippen molar-refractivity contribution in [2.24, 2.45) is 5.92 Å². The maximum Gasteiger partial charge on any atom is 0.220 e. The van der Waals surface area contributed by atoms with Gasteiger partial charge in [0.2, 0.25) is 5.91 Å². The number of amides is 1. The summed E-state index contributed by atoms with van der Waals surface area (Å²) in [6.07, 6.45) is 3.37. The van der Waals surface area contributed by atoms with Gasteiger partial charge in [0.25, 0.3) is 0 Å². The van der Waals surface area contributed by atoms with Crippen LogP contribution in [0.15, 0.2) is 54.6 Å². The third-order valence-electron chi connectivity index (χ3n) is 5.10. The molecule has 1 aromatic heterocycles. The minimum absolute atomic E-state index is 0.0654. The molecule has 1 N–H and O–H groups in total. The van der Waals surface area contributed by atoms with Crippen molar-refractivity contribution in [3.8, 4) is 5.69 Å². The molecule has 2 aromatic carbocycles. The first-order chi connectivity index (χ1) is 13.3. The fraction of sp³-hybridized carbons (Fsp3) is 0.364. The smallest absolute Gasteiger partial charge is 0.220 e. The van der Waals surface area contributed by atoms with Gasteiger partial charge in [-0.05, 0) is 43.0 Å². The van der Waals surface area contributed by atoms with Crippen molar-refractivity contribution >= 4 is 16.9 Å². The predicted octanol–water partition coefficient (Wildman–Crippen LogP) is 3.50. The third-order valence-corrected chi connectivity index (χ3v) is 5.10. The highest BCUT2D eigenvalue weighted by atomic mass is 16.5. The van der Waals surface area contributed by atoms with E-state index in [1.165, 1.54) is 12.8 Å². The van der Waals surface area contributed by atoms with Crippen LogP contribution < -0.4 is 5.32 Å². The molecule has 1 atom stereocenters. The summed E-state index contributed by atoms with van der Waals surface area (Å²) in [7, 11) is 1.68. The molecule has 0 saturated heterocycles. The standard InChI is InChI=1S/C22H25N3O2/c1-27-15-19(16-11-12-16)24-22(26)14-13-21-23-18-9-5-6-10-20(18)25(21)17-7-3-2-4-8-17/h2-10,16,19H,11-15H2,1H3,(H,24,26). The summed E-state index contributed by atoms with van der Waals surface area (Å²) < 4.78 is 7.40. The van der Waals surface area contributed by atoms with E-state index < -0.39 is 0 Å². The molecule has 1 amide bonds. The molecule has 140 valence electrons. The Morgan fingerprint density at radius 2 is 1.93 bits per heavy atom. The van der Waals surface area contributed by atoms with Gasteiger partial charge in [-0.25, -0.2) is 4.98 Å². The van der Waals surface area contributed by atoms with Crippen LogP contribution in [0.25, 0.3) is 16.7 Å². The Morgan fingerprint density at radius 1 is 1.19 bits per heavy atom. The van der Waals surface area contributed by atoms with E-state index >= 15 is 0 Å². The SMILES string of the molecule is COCC(NC(=O)CCc1nc2ccccc2n1-c1ccccc1)C1CC1. The van der Waals surface area contributed by atoms with Gasteiger partial charge >= 0.3 is 0 Å². The second kappa shape index (κ2) is 7.92. The Balaban J connectivity index is 1.52. The van der Waals surface area contributed by atoms with Gasteiger partial charge in [-0.3, -0.25) is 9.36 Å². The minimum atomic E-state index is 0.0654. The molecule has 4 rings (SSSR count). The van der Waals surface area contributed by atoms with Crippen LogP contribution in [-0.4, -0.2) is 35.2 Å². The number of rotatable bonds is 8. The second-order valence-electron chi connectivity index (χ2n) is 7.15. The van der Waals surface area contributed by atoms with Gasteiger partial charge < -0.3 is 10.1 Å². The molecular formula is C22H25N3O2. The van der Waals surface area contributed by atoms with E-state index in [4.69, 9.17) is 9.72 Å². The number of nitrogens with zero attached hydrogens (tertiary/aromatic N) is 2. The monoisotopic (exact) mass is 363 g/mol. The summed E-state index contributed by atoms with van der Waals surface area (Å²) in [5.41, 5.74) is 3.08. The van der Waals surface area contributed by atoms with Gasteiger partial charge in [-0.15, -0.1) is 0 Å². The second-order valence-corrected chi connectivity index (χ2v) is 7.15. The van der Waals surface area contributed by atoms with E-state index in [-0.39, 0.29) is 11.9 Å². The number of hydrogen-bond donors (Lipinski definition) is 1. The number of para-hydroxylation sites is 3. The van der Waals surface area contributed by atoms with Gasteiger partial charge in [-0.2, -0.15) is 0 Å². The van der Waals surface area contributed by atoms with Crippen LogP contribution in [0.4, 0.5) is 0 Å². The lowest BCUT2D eigenvalue weighted by molar-refractivity contribution is -0.122. The van der Waals surface area contributed by atoms with E-state index in [1.807, 2.05) is 36.4 Å². The molecule has 1 saturated carbocycles. The summed E-state index contributed by atoms with van der Waals surface area (Å²) in [4.78, 5) is 17.3. The number of carbonyl (C=O) groups is 1. The molecular weight excluding hydrogens is 338 g/mol. The van der Waals surface area contributed by atoms with Crippen molar-refractivity contribution < 1.29 is 9.53 Å². The molecule has 1 unspecified atom stereocenters. The molecule has 1 aliphatic rings. The third kappa shape index (κ3) is 4.03. The molecule has 27 heavy (non-hydrogen) atoms. The lowest BCUT2D eigenvalue weighted by Gasteiger charge is -2.17. The molecule has 0 radical (unpaired) electrons. The molecule has 5 heteroatoms. The number of methoxy groups -OCH3 is 1. The Labute approximate surface area is 159 Å². The molecule has 1 fully saturated rings. The Hall–Kier alpha value is -2.66. The summed E-state index contributed by atoms with van der Waals surface area (Å²) in [6, 6.07) is 18.4. The fourth-order valence-electron chi connectivity index (χ4n) is 3.59. The van der Waals surface area contributed by atoms with Gasteiger partial charge in [0, 0.05) is 25.6 Å². The van der Waals surface area contributed by atoms with Crippen LogP contribution in [0.5, 0.6) is 0 Å². The normalized spacial score (nSPS) is 15.0. The quantitative estimate of drug-likeness (QED) is 0.666. The van der Waals surface area contributed by atoms with E-state index in [2.05, 4.69) is 28.1 Å². The fourth-order valence-corrected chi connectivity index (χ4v) is 3.59. The molecule has 3 aromatic rings. The van der Waals surface area contributed by atoms with E-state index in [9.17, 15) is 4.79 Å². The predicted molar refractivity (Wildman–Crippen MR) is 106 cm³/mol. The van der Waals surface area contributed by atoms with Gasteiger partial charge in [0.15, 0.2) is 0 Å². The minimum Gasteiger partial charge on any atom is -0.383 e. The number of ether oxygens (including phenoxy) is 1. The number of hydrogen-bond acceptors (Lipinski definition) is 3. The lowest BCUT2D eigenvalue weighted by atomic mass is 10.2. The van der Waals surface area contributed by atoms with Crippen molar-refractivity contribution in [1.29, 1.82) is 0 Å². The van der Waals surface area contributed by atoms with E-state index in [0.29, 0.717) is 25.4 Å². The molecule has 0 aliphatic heterocycles. The van der Waals surface area contributed by atoms with Crippen LogP contribution in [0.3, 0.4) is 0 Å². The van der Waals surface area contributed by atoms with Gasteiger partial charge in [0.05, 0.1) is 23.7 Å². The van der Waals surface area contributed by atoms with Gasteiger partial charge in [0.1, 0.15) is 5.82 Å². The largest absolute Gasteiger partial charge is 0.383 e. The number of carbonyl (C=O) groups excluding carboxylic acids is 1. The number of aromatic nitrogens is 2. The van der Waals surface area contributed by atoms with Crippen molar-refractivity contribution in [1.82, 2.24) is 14.9 Å². The highest BCUT2D eigenvalue weighted by Gasteiger charge is 2.32. The maximum atomic E-state index is 12.5. The van der Waals surface area contributed by atoms with Crippen molar-refractivity contribution in [2.45, 2.75) is 31.7 Å². The Morgan fingerprint density at radius 3 is 2.67 bits per heavy atom. The topological polar surface area (TPSA) is 56.1 Å². The first kappa shape index (κ1) is 17.7. The average molecular weight is 363 g/mol. The number of nitrogens with one attached hydrogen (secondary N) is 1. The summed E-state index contributed by atoms with van der Waals surface area (Å²) in [6.45, 7) is 0.582. The van der Waals surface area contributed by atoms with Crippen molar-refractivity contribution in [3.63, 3.8) is 0 Å². The first-order valence-electron chi connectivity index (χ1n) is 9.56. The summed E-state index contributed by atoms with van der Waals surface area (Å²) >= 11 is 0. The molecule has 0 bridgehead atoms. The zero-order valence-electron chi connectivity index (χ0n) is 15.6. The number of aryl methyl sites for hydroxylation is 1. The zero-order chi connectivity index (χ0) is 18.6. The Bertz CT molecular complexity index is 916. The zero-order valence-corrected chi connectivity index (χ0v) is 15.6. The summed E-state index contributed by atoms with van der Waals surface area (Å²) in [5, 5.41) is 3.14. The van der Waals surface area contributed by atoms with Crippen LogP contribution in [-0.2, 0) is 16.0 Å². The van der Waals surface area contributed by atoms with Crippen LogP contribution in [0.1, 0.15) is 25.1 Å². The van der Waals surface area contributed by atoms with Crippen LogP contribution >= 0.6 is 0 Å².